The fourth-order valence-corrected chi connectivity index (χ4v) is 2.36. The number of halogens is 2. The van der Waals surface area contributed by atoms with Gasteiger partial charge in [0.05, 0.1) is 6.20 Å². The number of aromatic amines is 1. The van der Waals surface area contributed by atoms with Crippen molar-refractivity contribution in [1.29, 1.82) is 0 Å². The van der Waals surface area contributed by atoms with Crippen molar-refractivity contribution in [3.63, 3.8) is 0 Å². The molecule has 1 aliphatic rings. The maximum atomic E-state index is 13.7. The number of piperazine rings is 1. The van der Waals surface area contributed by atoms with Gasteiger partial charge in [0.2, 0.25) is 0 Å². The van der Waals surface area contributed by atoms with Gasteiger partial charge in [-0.05, 0) is 6.07 Å². The Balaban J connectivity index is 1.59. The number of hydrogen-bond acceptors (Lipinski definition) is 5. The van der Waals surface area contributed by atoms with Crippen molar-refractivity contribution in [3.05, 3.63) is 46.4 Å². The minimum Gasteiger partial charge on any atom is -0.351 e. The first-order valence-electron chi connectivity index (χ1n) is 7.20. The van der Waals surface area contributed by atoms with Gasteiger partial charge in [-0.1, -0.05) is 0 Å². The van der Waals surface area contributed by atoms with Gasteiger partial charge in [-0.15, -0.1) is 0 Å². The third-order valence-corrected chi connectivity index (χ3v) is 3.57. The van der Waals surface area contributed by atoms with Crippen molar-refractivity contribution in [2.24, 2.45) is 0 Å². The summed E-state index contributed by atoms with van der Waals surface area (Å²) in [4.78, 5) is 30.0. The van der Waals surface area contributed by atoms with Crippen molar-refractivity contribution in [2.75, 3.05) is 36.4 Å². The van der Waals surface area contributed by atoms with Gasteiger partial charge in [-0.2, -0.15) is 5.10 Å². The SMILES string of the molecule is O=C(Nc1ccc(=O)[nH]n1)N1CCN(c2ncc(F)cc2F)CC1. The Morgan fingerprint density at radius 1 is 1.21 bits per heavy atom. The van der Waals surface area contributed by atoms with Crippen molar-refractivity contribution in [1.82, 2.24) is 20.1 Å². The summed E-state index contributed by atoms with van der Waals surface area (Å²) in [5, 5.41) is 8.47. The van der Waals surface area contributed by atoms with Crippen LogP contribution < -0.4 is 15.8 Å². The second-order valence-corrected chi connectivity index (χ2v) is 5.17. The number of aromatic nitrogens is 3. The molecule has 24 heavy (non-hydrogen) atoms. The quantitative estimate of drug-likeness (QED) is 0.846. The second kappa shape index (κ2) is 6.60. The second-order valence-electron chi connectivity index (χ2n) is 5.17. The zero-order chi connectivity index (χ0) is 17.1. The maximum Gasteiger partial charge on any atom is 0.323 e. The minimum atomic E-state index is -0.734. The molecule has 126 valence electrons. The fraction of sp³-hybridized carbons (Fsp3) is 0.286. The zero-order valence-corrected chi connectivity index (χ0v) is 12.5. The predicted octanol–water partition coefficient (Wildman–Crippen LogP) is 0.797. The molecule has 3 heterocycles. The summed E-state index contributed by atoms with van der Waals surface area (Å²) >= 11 is 0. The van der Waals surface area contributed by atoms with E-state index >= 15 is 0 Å². The molecule has 3 rings (SSSR count). The largest absolute Gasteiger partial charge is 0.351 e. The van der Waals surface area contributed by atoms with E-state index in [1.54, 1.807) is 4.90 Å². The number of carbonyl (C=O) groups is 1. The summed E-state index contributed by atoms with van der Waals surface area (Å²) < 4.78 is 26.6. The first-order valence-corrected chi connectivity index (χ1v) is 7.20. The molecule has 0 saturated carbocycles. The highest BCUT2D eigenvalue weighted by atomic mass is 19.1. The summed E-state index contributed by atoms with van der Waals surface area (Å²) in [6.45, 7) is 1.41. The molecule has 0 aromatic carbocycles. The molecule has 2 N–H and O–H groups in total. The normalized spacial score (nSPS) is 14.6. The lowest BCUT2D eigenvalue weighted by Crippen LogP contribution is -2.50. The highest BCUT2D eigenvalue weighted by Gasteiger charge is 2.24. The van der Waals surface area contributed by atoms with Crippen LogP contribution in [-0.2, 0) is 0 Å². The zero-order valence-electron chi connectivity index (χ0n) is 12.5. The van der Waals surface area contributed by atoms with E-state index in [0.29, 0.717) is 26.2 Å². The maximum absolute atomic E-state index is 13.7. The number of H-pyrrole nitrogens is 1. The molecule has 0 aliphatic carbocycles. The summed E-state index contributed by atoms with van der Waals surface area (Å²) in [6, 6.07) is 3.05. The lowest BCUT2D eigenvalue weighted by atomic mass is 10.3. The van der Waals surface area contributed by atoms with Crippen LogP contribution >= 0.6 is 0 Å². The van der Waals surface area contributed by atoms with E-state index in [-0.39, 0.29) is 23.2 Å². The number of urea groups is 1. The van der Waals surface area contributed by atoms with Gasteiger partial charge >= 0.3 is 6.03 Å². The van der Waals surface area contributed by atoms with E-state index in [9.17, 15) is 18.4 Å². The van der Waals surface area contributed by atoms with Crippen molar-refractivity contribution in [2.45, 2.75) is 0 Å². The van der Waals surface area contributed by atoms with Crippen LogP contribution in [-0.4, -0.2) is 52.3 Å². The van der Waals surface area contributed by atoms with Crippen LogP contribution in [0.25, 0.3) is 0 Å². The van der Waals surface area contributed by atoms with E-state index in [2.05, 4.69) is 20.5 Å². The molecule has 1 fully saturated rings. The van der Waals surface area contributed by atoms with Gasteiger partial charge in [-0.3, -0.25) is 10.1 Å². The molecular formula is C14H14F2N6O2. The van der Waals surface area contributed by atoms with Crippen LogP contribution in [0.2, 0.25) is 0 Å². The third-order valence-electron chi connectivity index (χ3n) is 3.57. The van der Waals surface area contributed by atoms with E-state index in [1.165, 1.54) is 17.0 Å². The Morgan fingerprint density at radius 3 is 2.58 bits per heavy atom. The number of rotatable bonds is 2. The molecule has 2 aromatic heterocycles. The Morgan fingerprint density at radius 2 is 1.96 bits per heavy atom. The van der Waals surface area contributed by atoms with Crippen molar-refractivity contribution in [3.8, 4) is 0 Å². The molecule has 0 spiro atoms. The van der Waals surface area contributed by atoms with Crippen LogP contribution in [0.5, 0.6) is 0 Å². The van der Waals surface area contributed by atoms with Gasteiger partial charge in [0, 0.05) is 38.3 Å². The third kappa shape index (κ3) is 3.47. The molecule has 0 atom stereocenters. The van der Waals surface area contributed by atoms with E-state index < -0.39 is 11.6 Å². The molecular weight excluding hydrogens is 322 g/mol. The Bertz CT molecular complexity index is 784. The summed E-state index contributed by atoms with van der Waals surface area (Å²) in [5.74, 6) is -1.17. The molecule has 8 nitrogen and oxygen atoms in total. The Kier molecular flexibility index (Phi) is 4.36. The monoisotopic (exact) mass is 336 g/mol. The lowest BCUT2D eigenvalue weighted by molar-refractivity contribution is 0.208. The Labute approximate surface area is 135 Å². The number of nitrogens with one attached hydrogen (secondary N) is 2. The van der Waals surface area contributed by atoms with Gasteiger partial charge in [0.25, 0.3) is 5.56 Å². The fourth-order valence-electron chi connectivity index (χ4n) is 2.36. The van der Waals surface area contributed by atoms with Crippen LogP contribution in [0.1, 0.15) is 0 Å². The van der Waals surface area contributed by atoms with Crippen LogP contribution in [0, 0.1) is 11.6 Å². The van der Waals surface area contributed by atoms with Crippen LogP contribution in [0.4, 0.5) is 25.2 Å². The van der Waals surface area contributed by atoms with E-state index in [1.807, 2.05) is 0 Å². The number of pyridine rings is 1. The van der Waals surface area contributed by atoms with E-state index in [4.69, 9.17) is 0 Å². The van der Waals surface area contributed by atoms with Gasteiger partial charge < -0.3 is 9.80 Å². The number of carbonyl (C=O) groups excluding carboxylic acids is 1. The summed E-state index contributed by atoms with van der Waals surface area (Å²) in [6.07, 6.45) is 0.958. The average Bonchev–Trinajstić information content (AvgIpc) is 2.57. The molecule has 0 bridgehead atoms. The molecule has 0 unspecified atom stereocenters. The number of nitrogens with zero attached hydrogens (tertiary/aromatic N) is 4. The topological polar surface area (TPSA) is 94.2 Å². The summed E-state index contributed by atoms with van der Waals surface area (Å²) in [7, 11) is 0. The molecule has 10 heteroatoms. The molecule has 1 saturated heterocycles. The molecule has 2 aromatic rings. The van der Waals surface area contributed by atoms with Gasteiger partial charge in [0.15, 0.2) is 17.5 Å². The van der Waals surface area contributed by atoms with Gasteiger partial charge in [-0.25, -0.2) is 23.7 Å². The van der Waals surface area contributed by atoms with Crippen molar-refractivity contribution < 1.29 is 13.6 Å². The minimum absolute atomic E-state index is 0.0683. The smallest absolute Gasteiger partial charge is 0.323 e. The molecule has 0 radical (unpaired) electrons. The first-order chi connectivity index (χ1) is 11.5. The lowest BCUT2D eigenvalue weighted by Gasteiger charge is -2.35. The highest BCUT2D eigenvalue weighted by Crippen LogP contribution is 2.18. The Hall–Kier alpha value is -3.04. The number of hydrogen-bond donors (Lipinski definition) is 2. The molecule has 2 amide bonds. The van der Waals surface area contributed by atoms with Crippen LogP contribution in [0.3, 0.4) is 0 Å². The molecule has 1 aliphatic heterocycles. The average molecular weight is 336 g/mol. The predicted molar refractivity (Wildman–Crippen MR) is 81.8 cm³/mol. The standard InChI is InChI=1S/C14H14F2N6O2/c15-9-7-10(16)13(17-8-9)21-3-5-22(6-4-21)14(24)18-11-1-2-12(23)20-19-11/h1-2,7-8H,3-6H2,(H,20,23)(H,18,19,24). The summed E-state index contributed by atoms with van der Waals surface area (Å²) in [5.41, 5.74) is -0.365. The first kappa shape index (κ1) is 15.8. The number of anilines is 2. The van der Waals surface area contributed by atoms with Crippen molar-refractivity contribution >= 4 is 17.7 Å². The number of amides is 2. The van der Waals surface area contributed by atoms with E-state index in [0.717, 1.165) is 12.3 Å². The highest BCUT2D eigenvalue weighted by molar-refractivity contribution is 5.88. The van der Waals surface area contributed by atoms with Gasteiger partial charge in [0.1, 0.15) is 5.82 Å². The van der Waals surface area contributed by atoms with Crippen LogP contribution in [0.15, 0.2) is 29.2 Å².